The number of pyridine rings is 1. The zero-order valence-electron chi connectivity index (χ0n) is 12.5. The van der Waals surface area contributed by atoms with Gasteiger partial charge in [-0.25, -0.2) is 13.8 Å². The first-order valence-electron chi connectivity index (χ1n) is 7.22. The first kappa shape index (κ1) is 16.2. The maximum Gasteiger partial charge on any atom is 0.224 e. The number of hydrogen-bond acceptors (Lipinski definition) is 4. The number of anilines is 1. The third kappa shape index (κ3) is 3.99. The van der Waals surface area contributed by atoms with Gasteiger partial charge in [-0.15, -0.1) is 11.3 Å². The molecular formula is C17H13F2N3OS. The summed E-state index contributed by atoms with van der Waals surface area (Å²) >= 11 is 1.47. The van der Waals surface area contributed by atoms with Gasteiger partial charge in [-0.05, 0) is 30.7 Å². The molecule has 0 aliphatic heterocycles. The van der Waals surface area contributed by atoms with Crippen LogP contribution in [0.5, 0.6) is 0 Å². The van der Waals surface area contributed by atoms with Crippen molar-refractivity contribution in [3.05, 3.63) is 65.3 Å². The number of carbonyl (C=O) groups excluding carboxylic acids is 1. The van der Waals surface area contributed by atoms with Gasteiger partial charge in [0.15, 0.2) is 11.6 Å². The summed E-state index contributed by atoms with van der Waals surface area (Å²) in [4.78, 5) is 20.6. The van der Waals surface area contributed by atoms with Crippen LogP contribution in [0, 0.1) is 11.6 Å². The molecule has 0 radical (unpaired) electrons. The van der Waals surface area contributed by atoms with Gasteiger partial charge in [0.2, 0.25) is 5.91 Å². The van der Waals surface area contributed by atoms with Crippen LogP contribution in [-0.2, 0) is 11.2 Å². The molecule has 1 amide bonds. The molecule has 0 unspecified atom stereocenters. The van der Waals surface area contributed by atoms with Crippen molar-refractivity contribution in [2.75, 3.05) is 5.32 Å². The molecule has 0 bridgehead atoms. The van der Waals surface area contributed by atoms with Gasteiger partial charge in [0.25, 0.3) is 0 Å². The molecule has 122 valence electrons. The third-order valence-electron chi connectivity index (χ3n) is 3.25. The predicted molar refractivity (Wildman–Crippen MR) is 88.7 cm³/mol. The van der Waals surface area contributed by atoms with Crippen LogP contribution in [0.25, 0.3) is 10.7 Å². The lowest BCUT2D eigenvalue weighted by atomic mass is 10.2. The maximum atomic E-state index is 13.1. The molecule has 4 nitrogen and oxygen atoms in total. The number of hydrogen-bond donors (Lipinski definition) is 1. The van der Waals surface area contributed by atoms with E-state index in [1.807, 2.05) is 23.6 Å². The summed E-state index contributed by atoms with van der Waals surface area (Å²) in [5, 5.41) is 5.22. The highest BCUT2D eigenvalue weighted by Gasteiger charge is 2.09. The Morgan fingerprint density at radius 2 is 2.04 bits per heavy atom. The first-order chi connectivity index (χ1) is 11.6. The van der Waals surface area contributed by atoms with Gasteiger partial charge in [0, 0.05) is 29.8 Å². The Morgan fingerprint density at radius 3 is 2.79 bits per heavy atom. The van der Waals surface area contributed by atoms with Crippen molar-refractivity contribution < 1.29 is 13.6 Å². The van der Waals surface area contributed by atoms with Gasteiger partial charge < -0.3 is 5.32 Å². The van der Waals surface area contributed by atoms with E-state index in [1.54, 1.807) is 6.20 Å². The standard InChI is InChI=1S/C17H13F2N3OS/c18-13-6-4-11(9-14(13)19)21-16(23)7-5-12-10-24-17(22-12)15-3-1-2-8-20-15/h1-4,6,8-10H,5,7H2,(H,21,23). The average Bonchev–Trinajstić information content (AvgIpc) is 3.06. The fourth-order valence-electron chi connectivity index (χ4n) is 2.07. The zero-order chi connectivity index (χ0) is 16.9. The fourth-order valence-corrected chi connectivity index (χ4v) is 2.90. The number of nitrogens with zero attached hydrogens (tertiary/aromatic N) is 2. The van der Waals surface area contributed by atoms with E-state index in [1.165, 1.54) is 17.4 Å². The summed E-state index contributed by atoms with van der Waals surface area (Å²) in [6, 6.07) is 8.84. The largest absolute Gasteiger partial charge is 0.326 e. The molecule has 1 N–H and O–H groups in total. The van der Waals surface area contributed by atoms with Crippen molar-refractivity contribution in [3.8, 4) is 10.7 Å². The van der Waals surface area contributed by atoms with E-state index < -0.39 is 11.6 Å². The van der Waals surface area contributed by atoms with E-state index >= 15 is 0 Å². The molecule has 3 rings (SSSR count). The Balaban J connectivity index is 1.56. The van der Waals surface area contributed by atoms with Crippen molar-refractivity contribution in [2.45, 2.75) is 12.8 Å². The number of benzene rings is 1. The van der Waals surface area contributed by atoms with E-state index in [0.29, 0.717) is 6.42 Å². The Bertz CT molecular complexity index is 852. The van der Waals surface area contributed by atoms with Crippen molar-refractivity contribution in [2.24, 2.45) is 0 Å². The van der Waals surface area contributed by atoms with E-state index in [9.17, 15) is 13.6 Å². The Hall–Kier alpha value is -2.67. The predicted octanol–water partition coefficient (Wildman–Crippen LogP) is 4.05. The molecule has 2 aromatic heterocycles. The summed E-state index contributed by atoms with van der Waals surface area (Å²) in [6.07, 6.45) is 2.36. The third-order valence-corrected chi connectivity index (χ3v) is 4.16. The van der Waals surface area contributed by atoms with Crippen molar-refractivity contribution in [3.63, 3.8) is 0 Å². The molecule has 0 atom stereocenters. The second-order valence-corrected chi connectivity index (χ2v) is 5.89. The first-order valence-corrected chi connectivity index (χ1v) is 8.10. The molecule has 0 fully saturated rings. The molecule has 3 aromatic rings. The van der Waals surface area contributed by atoms with Gasteiger partial charge in [-0.3, -0.25) is 9.78 Å². The molecule has 0 aliphatic carbocycles. The van der Waals surface area contributed by atoms with Crippen molar-refractivity contribution in [1.29, 1.82) is 0 Å². The number of aromatic nitrogens is 2. The molecular weight excluding hydrogens is 332 g/mol. The highest BCUT2D eigenvalue weighted by Crippen LogP contribution is 2.22. The molecule has 0 spiro atoms. The topological polar surface area (TPSA) is 54.9 Å². The molecule has 24 heavy (non-hydrogen) atoms. The van der Waals surface area contributed by atoms with Crippen LogP contribution in [0.2, 0.25) is 0 Å². The minimum atomic E-state index is -0.993. The normalized spacial score (nSPS) is 10.6. The molecule has 2 heterocycles. The maximum absolute atomic E-state index is 13.1. The fraction of sp³-hybridized carbons (Fsp3) is 0.118. The van der Waals surface area contributed by atoms with Gasteiger partial charge in [0.1, 0.15) is 5.01 Å². The van der Waals surface area contributed by atoms with Crippen LogP contribution >= 0.6 is 11.3 Å². The lowest BCUT2D eigenvalue weighted by molar-refractivity contribution is -0.116. The number of aryl methyl sites for hydroxylation is 1. The number of carbonyl (C=O) groups is 1. The highest BCUT2D eigenvalue weighted by molar-refractivity contribution is 7.13. The molecule has 1 aromatic carbocycles. The van der Waals surface area contributed by atoms with Gasteiger partial charge in [-0.2, -0.15) is 0 Å². The molecule has 0 saturated carbocycles. The lowest BCUT2D eigenvalue weighted by Gasteiger charge is -2.04. The summed E-state index contributed by atoms with van der Waals surface area (Å²) in [7, 11) is 0. The lowest BCUT2D eigenvalue weighted by Crippen LogP contribution is -2.12. The molecule has 0 aliphatic rings. The quantitative estimate of drug-likeness (QED) is 0.759. The Kier molecular flexibility index (Phi) is 4.90. The summed E-state index contributed by atoms with van der Waals surface area (Å²) in [6.45, 7) is 0. The van der Waals surface area contributed by atoms with Crippen LogP contribution in [0.3, 0.4) is 0 Å². The highest BCUT2D eigenvalue weighted by atomic mass is 32.1. The van der Waals surface area contributed by atoms with Crippen molar-refractivity contribution >= 4 is 22.9 Å². The average molecular weight is 345 g/mol. The van der Waals surface area contributed by atoms with Crippen LogP contribution in [0.15, 0.2) is 48.0 Å². The summed E-state index contributed by atoms with van der Waals surface area (Å²) < 4.78 is 26.0. The van der Waals surface area contributed by atoms with Gasteiger partial charge in [-0.1, -0.05) is 6.07 Å². The van der Waals surface area contributed by atoms with E-state index in [2.05, 4.69) is 15.3 Å². The van der Waals surface area contributed by atoms with Crippen LogP contribution in [0.4, 0.5) is 14.5 Å². The van der Waals surface area contributed by atoms with E-state index in [-0.39, 0.29) is 18.0 Å². The molecule has 7 heteroatoms. The Morgan fingerprint density at radius 1 is 1.17 bits per heavy atom. The number of halogens is 2. The summed E-state index contributed by atoms with van der Waals surface area (Å²) in [5.41, 5.74) is 1.81. The van der Waals surface area contributed by atoms with E-state index in [0.717, 1.165) is 28.5 Å². The number of rotatable bonds is 5. The monoisotopic (exact) mass is 345 g/mol. The van der Waals surface area contributed by atoms with Crippen LogP contribution in [0.1, 0.15) is 12.1 Å². The second kappa shape index (κ2) is 7.27. The van der Waals surface area contributed by atoms with Crippen molar-refractivity contribution in [1.82, 2.24) is 9.97 Å². The number of thiazole rings is 1. The van der Waals surface area contributed by atoms with Crippen LogP contribution in [-0.4, -0.2) is 15.9 Å². The minimum Gasteiger partial charge on any atom is -0.326 e. The Labute approximate surface area is 141 Å². The van der Waals surface area contributed by atoms with Gasteiger partial charge >= 0.3 is 0 Å². The SMILES string of the molecule is O=C(CCc1csc(-c2ccccn2)n1)Nc1ccc(F)c(F)c1. The smallest absolute Gasteiger partial charge is 0.224 e. The minimum absolute atomic E-state index is 0.199. The van der Waals surface area contributed by atoms with Crippen LogP contribution < -0.4 is 5.32 Å². The summed E-state index contributed by atoms with van der Waals surface area (Å²) in [5.74, 6) is -2.22. The van der Waals surface area contributed by atoms with E-state index in [4.69, 9.17) is 0 Å². The second-order valence-electron chi connectivity index (χ2n) is 5.04. The number of nitrogens with one attached hydrogen (secondary N) is 1. The van der Waals surface area contributed by atoms with Gasteiger partial charge in [0.05, 0.1) is 11.4 Å². The zero-order valence-corrected chi connectivity index (χ0v) is 13.3. The number of amides is 1. The molecule has 0 saturated heterocycles.